The number of anilines is 2. The van der Waals surface area contributed by atoms with E-state index in [1.165, 1.54) is 10.8 Å². The van der Waals surface area contributed by atoms with E-state index in [1.807, 2.05) is 30.3 Å². The van der Waals surface area contributed by atoms with Crippen molar-refractivity contribution in [2.45, 2.75) is 76.7 Å². The smallest absolute Gasteiger partial charge is 0.410 e. The minimum absolute atomic E-state index is 0.160. The van der Waals surface area contributed by atoms with Crippen molar-refractivity contribution in [2.75, 3.05) is 69.3 Å². The Balaban J connectivity index is 1.06. The largest absolute Gasteiger partial charge is 0.462 e. The lowest BCUT2D eigenvalue weighted by molar-refractivity contribution is -0.168. The Labute approximate surface area is 323 Å². The molecule has 12 heteroatoms. The molecular formula is C43H51N7O5. The molecule has 1 unspecified atom stereocenters. The van der Waals surface area contributed by atoms with Crippen LogP contribution in [0.4, 0.5) is 16.3 Å². The number of likely N-dealkylation sites (N-methyl/N-ethyl adjacent to an activating group) is 1. The van der Waals surface area contributed by atoms with Crippen molar-refractivity contribution in [3.8, 4) is 6.01 Å². The number of fused-ring (bicyclic) bond motifs is 2. The fourth-order valence-electron chi connectivity index (χ4n) is 8.44. The average Bonchev–Trinajstić information content (AvgIpc) is 3.65. The lowest BCUT2D eigenvalue weighted by Gasteiger charge is -2.41. The second-order valence-electron chi connectivity index (χ2n) is 15.1. The molecule has 3 saturated heterocycles. The second kappa shape index (κ2) is 17.2. The van der Waals surface area contributed by atoms with Gasteiger partial charge in [0.1, 0.15) is 25.1 Å². The summed E-state index contributed by atoms with van der Waals surface area (Å²) in [6.45, 7) is 13.8. The van der Waals surface area contributed by atoms with Gasteiger partial charge in [-0.1, -0.05) is 60.7 Å². The van der Waals surface area contributed by atoms with Gasteiger partial charge in [-0.15, -0.1) is 0 Å². The minimum atomic E-state index is -0.395. The topological polar surface area (TPSA) is 97.1 Å². The monoisotopic (exact) mass is 745 g/mol. The molecule has 0 N–H and O–H groups in total. The maximum absolute atomic E-state index is 13.3. The highest BCUT2D eigenvalue weighted by Crippen LogP contribution is 2.37. The van der Waals surface area contributed by atoms with Crippen molar-refractivity contribution in [2.24, 2.45) is 0 Å². The van der Waals surface area contributed by atoms with E-state index in [0.29, 0.717) is 51.4 Å². The molecule has 3 atom stereocenters. The van der Waals surface area contributed by atoms with E-state index in [1.54, 1.807) is 4.90 Å². The molecule has 1 amide bonds. The minimum Gasteiger partial charge on any atom is -0.462 e. The van der Waals surface area contributed by atoms with Crippen LogP contribution in [-0.2, 0) is 40.4 Å². The standard InChI is InChI=1S/C43H51N7O5/c1-44-25-35-26-49(22-23-50(35)43(51)55-28-31-11-4-3-5-12-31)41-36-19-21-48(27-37(36)45-42(46-41)54-30-34-16-10-20-47(34)2)38-17-9-14-32-13-8-15-33(40(32)38)29-53-39-18-6-7-24-52-39/h3-5,8-9,11-15,17,34-35,39H,6-7,10,16,18-30H2,2H3/t34-,35-,39?/m0/s1. The SMILES string of the molecule is [C-]#[N+]C[C@H]1CN(c2nc(OC[C@@H]3CCCN3C)nc3c2CCN(c2cccc4cccc(COC5CCCCO5)c24)C3)CCN1C(=O)OCc1ccccc1. The van der Waals surface area contributed by atoms with Gasteiger partial charge in [-0.05, 0) is 74.7 Å². The highest BCUT2D eigenvalue weighted by molar-refractivity contribution is 5.97. The predicted octanol–water partition coefficient (Wildman–Crippen LogP) is 6.46. The van der Waals surface area contributed by atoms with Gasteiger partial charge >= 0.3 is 12.1 Å². The van der Waals surface area contributed by atoms with Crippen LogP contribution in [0.25, 0.3) is 15.6 Å². The number of carbonyl (C=O) groups is 1. The van der Waals surface area contributed by atoms with Crippen molar-refractivity contribution in [3.05, 3.63) is 101 Å². The first-order valence-corrected chi connectivity index (χ1v) is 19.8. The van der Waals surface area contributed by atoms with Crippen LogP contribution in [0.1, 0.15) is 54.5 Å². The summed E-state index contributed by atoms with van der Waals surface area (Å²) in [5.74, 6) is 0.839. The number of carbonyl (C=O) groups excluding carboxylic acids is 1. The van der Waals surface area contributed by atoms with Crippen LogP contribution in [0, 0.1) is 6.57 Å². The highest BCUT2D eigenvalue weighted by atomic mass is 16.7. The maximum Gasteiger partial charge on any atom is 0.410 e. The quantitative estimate of drug-likeness (QED) is 0.159. The normalized spacial score (nSPS) is 21.7. The molecule has 12 nitrogen and oxygen atoms in total. The number of rotatable bonds is 11. The Morgan fingerprint density at radius 3 is 2.58 bits per heavy atom. The van der Waals surface area contributed by atoms with E-state index in [0.717, 1.165) is 92.1 Å². The first kappa shape index (κ1) is 37.0. The average molecular weight is 746 g/mol. The summed E-state index contributed by atoms with van der Waals surface area (Å²) in [5, 5.41) is 2.37. The summed E-state index contributed by atoms with van der Waals surface area (Å²) in [6, 6.07) is 23.0. The molecule has 3 fully saturated rings. The molecule has 8 rings (SSSR count). The molecule has 55 heavy (non-hydrogen) atoms. The van der Waals surface area contributed by atoms with Gasteiger partial charge in [0.15, 0.2) is 6.29 Å². The van der Waals surface area contributed by atoms with Crippen LogP contribution in [-0.4, -0.2) is 104 Å². The number of piperazine rings is 1. The van der Waals surface area contributed by atoms with Crippen LogP contribution in [0.5, 0.6) is 6.01 Å². The van der Waals surface area contributed by atoms with E-state index in [4.69, 9.17) is 35.5 Å². The third kappa shape index (κ3) is 8.49. The van der Waals surface area contributed by atoms with Crippen molar-refractivity contribution in [1.82, 2.24) is 19.8 Å². The summed E-state index contributed by atoms with van der Waals surface area (Å²) in [6.07, 6.45) is 5.57. The Morgan fingerprint density at radius 2 is 1.78 bits per heavy atom. The van der Waals surface area contributed by atoms with Crippen molar-refractivity contribution < 1.29 is 23.7 Å². The van der Waals surface area contributed by atoms with Gasteiger partial charge in [0.05, 0.1) is 18.8 Å². The fraction of sp³-hybridized carbons (Fsp3) is 0.488. The maximum atomic E-state index is 13.3. The number of nitrogens with zero attached hydrogens (tertiary/aromatic N) is 7. The first-order valence-electron chi connectivity index (χ1n) is 19.8. The number of benzene rings is 3. The second-order valence-corrected chi connectivity index (χ2v) is 15.1. The molecule has 4 aliphatic heterocycles. The Bertz CT molecular complexity index is 1980. The Morgan fingerprint density at radius 1 is 0.909 bits per heavy atom. The zero-order valence-corrected chi connectivity index (χ0v) is 31.8. The molecule has 4 aromatic rings. The summed E-state index contributed by atoms with van der Waals surface area (Å²) in [4.78, 5) is 35.9. The molecule has 0 aliphatic carbocycles. The molecule has 3 aromatic carbocycles. The zero-order valence-electron chi connectivity index (χ0n) is 31.8. The molecule has 4 aliphatic rings. The van der Waals surface area contributed by atoms with E-state index in [-0.39, 0.29) is 25.5 Å². The number of amides is 1. The van der Waals surface area contributed by atoms with Crippen LogP contribution in [0.3, 0.4) is 0 Å². The van der Waals surface area contributed by atoms with Crippen LogP contribution in [0.2, 0.25) is 0 Å². The molecule has 1 aromatic heterocycles. The Hall–Kier alpha value is -4.96. The van der Waals surface area contributed by atoms with Gasteiger partial charge < -0.3 is 38.5 Å². The van der Waals surface area contributed by atoms with Crippen molar-refractivity contribution >= 4 is 28.4 Å². The third-order valence-electron chi connectivity index (χ3n) is 11.5. The number of hydrogen-bond donors (Lipinski definition) is 0. The lowest BCUT2D eigenvalue weighted by Crippen LogP contribution is -2.57. The molecule has 0 radical (unpaired) electrons. The summed E-state index contributed by atoms with van der Waals surface area (Å²) in [7, 11) is 2.14. The van der Waals surface area contributed by atoms with Gasteiger partial charge in [0, 0.05) is 55.5 Å². The summed E-state index contributed by atoms with van der Waals surface area (Å²) in [5.41, 5.74) is 5.27. The fourth-order valence-corrected chi connectivity index (χ4v) is 8.44. The number of likely N-dealkylation sites (tertiary alicyclic amines) is 1. The van der Waals surface area contributed by atoms with Crippen LogP contribution >= 0.6 is 0 Å². The highest BCUT2D eigenvalue weighted by Gasteiger charge is 2.36. The third-order valence-corrected chi connectivity index (χ3v) is 11.5. The molecule has 0 spiro atoms. The number of ether oxygens (including phenoxy) is 4. The van der Waals surface area contributed by atoms with E-state index in [2.05, 4.69) is 63.0 Å². The van der Waals surface area contributed by atoms with E-state index in [9.17, 15) is 4.79 Å². The molecule has 0 bridgehead atoms. The zero-order chi connectivity index (χ0) is 37.6. The summed E-state index contributed by atoms with van der Waals surface area (Å²) >= 11 is 0. The van der Waals surface area contributed by atoms with Crippen LogP contribution in [0.15, 0.2) is 66.7 Å². The Kier molecular flexibility index (Phi) is 11.6. The van der Waals surface area contributed by atoms with E-state index < -0.39 is 6.09 Å². The molecule has 288 valence electrons. The summed E-state index contributed by atoms with van der Waals surface area (Å²) < 4.78 is 24.3. The molecule has 0 saturated carbocycles. The van der Waals surface area contributed by atoms with Crippen LogP contribution < -0.4 is 14.5 Å². The van der Waals surface area contributed by atoms with E-state index >= 15 is 0 Å². The first-order chi connectivity index (χ1) is 27.0. The number of hydrogen-bond acceptors (Lipinski definition) is 10. The van der Waals surface area contributed by atoms with Gasteiger partial charge in [-0.25, -0.2) is 11.4 Å². The molecular weight excluding hydrogens is 695 g/mol. The predicted molar refractivity (Wildman–Crippen MR) is 211 cm³/mol. The molecule has 5 heterocycles. The number of aromatic nitrogens is 2. The van der Waals surface area contributed by atoms with Gasteiger partial charge in [-0.2, -0.15) is 9.97 Å². The lowest BCUT2D eigenvalue weighted by atomic mass is 9.99. The van der Waals surface area contributed by atoms with Crippen molar-refractivity contribution in [1.29, 1.82) is 0 Å². The van der Waals surface area contributed by atoms with Gasteiger partial charge in [-0.3, -0.25) is 4.90 Å². The van der Waals surface area contributed by atoms with Gasteiger partial charge in [0.25, 0.3) is 0 Å². The van der Waals surface area contributed by atoms with Gasteiger partial charge in [0.2, 0.25) is 6.54 Å². The van der Waals surface area contributed by atoms with Crippen molar-refractivity contribution in [3.63, 3.8) is 0 Å².